The van der Waals surface area contributed by atoms with E-state index in [4.69, 9.17) is 0 Å². The van der Waals surface area contributed by atoms with Crippen LogP contribution in [0.3, 0.4) is 0 Å². The minimum atomic E-state index is 0.883. The second-order valence-electron chi connectivity index (χ2n) is 8.16. The first-order chi connectivity index (χ1) is 15.7. The first-order valence-electron chi connectivity index (χ1n) is 10.7. The van der Waals surface area contributed by atoms with Gasteiger partial charge in [-0.25, -0.2) is 9.97 Å². The molecule has 7 nitrogen and oxygen atoms in total. The lowest BCUT2D eigenvalue weighted by Crippen LogP contribution is -2.44. The molecule has 0 saturated carbocycles. The highest BCUT2D eigenvalue weighted by molar-refractivity contribution is 7.22. The van der Waals surface area contributed by atoms with Crippen molar-refractivity contribution < 1.29 is 0 Å². The molecule has 1 aliphatic heterocycles. The van der Waals surface area contributed by atoms with Crippen molar-refractivity contribution in [1.29, 1.82) is 0 Å². The fourth-order valence-electron chi connectivity index (χ4n) is 4.16. The maximum Gasteiger partial charge on any atom is 0.138 e. The fourth-order valence-corrected chi connectivity index (χ4v) is 5.22. The van der Waals surface area contributed by atoms with Crippen LogP contribution < -0.4 is 10.2 Å². The van der Waals surface area contributed by atoms with E-state index in [9.17, 15) is 0 Å². The van der Waals surface area contributed by atoms with Crippen molar-refractivity contribution in [3.63, 3.8) is 0 Å². The Morgan fingerprint density at radius 1 is 0.969 bits per heavy atom. The molecule has 6 rings (SSSR count). The molecule has 1 fully saturated rings. The summed E-state index contributed by atoms with van der Waals surface area (Å²) in [6.45, 7) is 4.11. The lowest BCUT2D eigenvalue weighted by Gasteiger charge is -2.33. The Hall–Kier alpha value is -3.49. The van der Waals surface area contributed by atoms with Gasteiger partial charge in [0.1, 0.15) is 11.5 Å². The van der Waals surface area contributed by atoms with Crippen LogP contribution in [0.4, 0.5) is 17.2 Å². The fraction of sp³-hybridized carbons (Fsp3) is 0.208. The van der Waals surface area contributed by atoms with E-state index in [1.54, 1.807) is 11.3 Å². The average molecular weight is 442 g/mol. The Kier molecular flexibility index (Phi) is 4.74. The largest absolute Gasteiger partial charge is 0.354 e. The number of anilines is 3. The van der Waals surface area contributed by atoms with Gasteiger partial charge >= 0.3 is 0 Å². The zero-order valence-corrected chi connectivity index (χ0v) is 18.6. The summed E-state index contributed by atoms with van der Waals surface area (Å²) in [5.41, 5.74) is 4.01. The van der Waals surface area contributed by atoms with E-state index in [1.807, 2.05) is 37.1 Å². The van der Waals surface area contributed by atoms with E-state index < -0.39 is 0 Å². The Morgan fingerprint density at radius 2 is 1.88 bits per heavy atom. The summed E-state index contributed by atoms with van der Waals surface area (Å²) in [5, 5.41) is 5.83. The number of H-pyrrole nitrogens is 1. The highest BCUT2D eigenvalue weighted by atomic mass is 32.1. The number of hydrogen-bond donors (Lipinski definition) is 2. The van der Waals surface area contributed by atoms with Crippen LogP contribution in [-0.2, 0) is 0 Å². The van der Waals surface area contributed by atoms with Crippen LogP contribution >= 0.6 is 11.3 Å². The number of nitrogens with one attached hydrogen (secondary N) is 2. The molecule has 0 spiro atoms. The van der Waals surface area contributed by atoms with Crippen molar-refractivity contribution in [2.24, 2.45) is 0 Å². The van der Waals surface area contributed by atoms with E-state index in [-0.39, 0.29) is 0 Å². The van der Waals surface area contributed by atoms with Gasteiger partial charge in [-0.05, 0) is 36.7 Å². The average Bonchev–Trinajstić information content (AvgIpc) is 3.43. The van der Waals surface area contributed by atoms with E-state index in [2.05, 4.69) is 66.4 Å². The number of likely N-dealkylation sites (N-methyl/N-ethyl adjacent to an activating group) is 1. The molecule has 0 unspecified atom stereocenters. The van der Waals surface area contributed by atoms with Gasteiger partial charge in [0.15, 0.2) is 0 Å². The van der Waals surface area contributed by atoms with Crippen LogP contribution in [0.1, 0.15) is 0 Å². The number of aromatic amines is 1. The van der Waals surface area contributed by atoms with Gasteiger partial charge in [-0.2, -0.15) is 0 Å². The van der Waals surface area contributed by atoms with Gasteiger partial charge in [0, 0.05) is 78.5 Å². The zero-order chi connectivity index (χ0) is 21.5. The third-order valence-corrected chi connectivity index (χ3v) is 7.10. The van der Waals surface area contributed by atoms with Gasteiger partial charge in [0.25, 0.3) is 0 Å². The molecule has 0 aliphatic carbocycles. The maximum atomic E-state index is 4.64. The second kappa shape index (κ2) is 7.89. The Labute approximate surface area is 189 Å². The van der Waals surface area contributed by atoms with Gasteiger partial charge in [-0.1, -0.05) is 0 Å². The number of aromatic nitrogens is 4. The highest BCUT2D eigenvalue weighted by Gasteiger charge is 2.16. The molecule has 6 heterocycles. The Bertz CT molecular complexity index is 1370. The van der Waals surface area contributed by atoms with Crippen LogP contribution in [0.25, 0.3) is 31.6 Å². The van der Waals surface area contributed by atoms with E-state index in [1.165, 1.54) is 15.0 Å². The molecule has 1 aliphatic rings. The minimum Gasteiger partial charge on any atom is -0.354 e. The zero-order valence-electron chi connectivity index (χ0n) is 17.7. The van der Waals surface area contributed by atoms with Crippen molar-refractivity contribution in [3.8, 4) is 10.4 Å². The van der Waals surface area contributed by atoms with E-state index in [0.29, 0.717) is 0 Å². The van der Waals surface area contributed by atoms with Crippen molar-refractivity contribution in [3.05, 3.63) is 61.3 Å². The Morgan fingerprint density at radius 3 is 2.75 bits per heavy atom. The number of pyridine rings is 3. The molecule has 0 radical (unpaired) electrons. The molecular weight excluding hydrogens is 418 g/mol. The van der Waals surface area contributed by atoms with Crippen LogP contribution in [0.5, 0.6) is 0 Å². The maximum absolute atomic E-state index is 4.64. The lowest BCUT2D eigenvalue weighted by atomic mass is 10.1. The molecule has 0 aromatic carbocycles. The van der Waals surface area contributed by atoms with Crippen molar-refractivity contribution in [1.82, 2.24) is 24.8 Å². The highest BCUT2D eigenvalue weighted by Crippen LogP contribution is 2.37. The summed E-state index contributed by atoms with van der Waals surface area (Å²) < 4.78 is 1.19. The molecule has 0 atom stereocenters. The quantitative estimate of drug-likeness (QED) is 0.420. The molecule has 0 bridgehead atoms. The molecule has 1 saturated heterocycles. The third kappa shape index (κ3) is 3.57. The molecule has 160 valence electrons. The summed E-state index contributed by atoms with van der Waals surface area (Å²) in [6.07, 6.45) is 9.54. The summed E-state index contributed by atoms with van der Waals surface area (Å²) >= 11 is 1.75. The predicted octanol–water partition coefficient (Wildman–Crippen LogP) is 4.73. The summed E-state index contributed by atoms with van der Waals surface area (Å²) in [6, 6.07) is 10.5. The van der Waals surface area contributed by atoms with Crippen molar-refractivity contribution in [2.75, 3.05) is 43.4 Å². The topological polar surface area (TPSA) is 73.0 Å². The van der Waals surface area contributed by atoms with Crippen LogP contribution in [0.15, 0.2) is 61.3 Å². The Balaban J connectivity index is 1.30. The summed E-state index contributed by atoms with van der Waals surface area (Å²) in [7, 11) is 2.16. The summed E-state index contributed by atoms with van der Waals surface area (Å²) in [4.78, 5) is 22.7. The number of thiophene rings is 1. The molecule has 2 N–H and O–H groups in total. The molecule has 32 heavy (non-hydrogen) atoms. The monoisotopic (exact) mass is 441 g/mol. The van der Waals surface area contributed by atoms with Crippen molar-refractivity contribution >= 4 is 49.6 Å². The number of fused-ring (bicyclic) bond motifs is 2. The first-order valence-corrected chi connectivity index (χ1v) is 11.5. The number of rotatable bonds is 4. The third-order valence-electron chi connectivity index (χ3n) is 5.98. The van der Waals surface area contributed by atoms with Crippen LogP contribution in [-0.4, -0.2) is 58.1 Å². The molecule has 8 heteroatoms. The lowest BCUT2D eigenvalue weighted by molar-refractivity contribution is 0.312. The molecule has 5 aromatic rings. The van der Waals surface area contributed by atoms with Crippen LogP contribution in [0, 0.1) is 0 Å². The SMILES string of the molecule is CN1CCN(c2cc(Nc3cnc4[nH]cc(-c5cc6ccncc6s5)c4c3)ccn2)CC1. The minimum absolute atomic E-state index is 0.883. The van der Waals surface area contributed by atoms with E-state index in [0.717, 1.165) is 60.0 Å². The van der Waals surface area contributed by atoms with Gasteiger partial charge in [-0.3, -0.25) is 4.98 Å². The smallest absolute Gasteiger partial charge is 0.138 e. The van der Waals surface area contributed by atoms with Gasteiger partial charge < -0.3 is 20.1 Å². The molecule has 0 amide bonds. The second-order valence-corrected chi connectivity index (χ2v) is 9.25. The van der Waals surface area contributed by atoms with E-state index >= 15 is 0 Å². The van der Waals surface area contributed by atoms with Gasteiger partial charge in [0.2, 0.25) is 0 Å². The van der Waals surface area contributed by atoms with Crippen LogP contribution in [0.2, 0.25) is 0 Å². The van der Waals surface area contributed by atoms with Gasteiger partial charge in [0.05, 0.1) is 16.6 Å². The normalized spacial score (nSPS) is 15.0. The summed E-state index contributed by atoms with van der Waals surface area (Å²) in [5.74, 6) is 1.01. The first kappa shape index (κ1) is 19.2. The van der Waals surface area contributed by atoms with Crippen molar-refractivity contribution in [2.45, 2.75) is 0 Å². The number of hydrogen-bond acceptors (Lipinski definition) is 7. The predicted molar refractivity (Wildman–Crippen MR) is 132 cm³/mol. The standard InChI is InChI=1S/C24H23N7S/c1-30-6-8-31(9-7-30)23-12-17(3-5-26-23)29-18-11-19-20(14-28-24(19)27-13-18)21-10-16-2-4-25-15-22(16)32-21/h2-5,10-15H,6-9H2,1H3,(H,26,29)(H,27,28). The molecular formula is C24H23N7S. The van der Waals surface area contributed by atoms with Gasteiger partial charge in [-0.15, -0.1) is 11.3 Å². The molecule has 5 aromatic heterocycles. The number of nitrogens with zero attached hydrogens (tertiary/aromatic N) is 5. The number of piperazine rings is 1.